The lowest BCUT2D eigenvalue weighted by Gasteiger charge is -2.03. The molecule has 0 saturated heterocycles. The Morgan fingerprint density at radius 2 is 2.00 bits per heavy atom. The zero-order valence-corrected chi connectivity index (χ0v) is 11.1. The van der Waals surface area contributed by atoms with Crippen molar-refractivity contribution in [1.82, 2.24) is 9.78 Å². The Kier molecular flexibility index (Phi) is 3.29. The van der Waals surface area contributed by atoms with Crippen LogP contribution in [0.2, 0.25) is 5.15 Å². The number of aliphatic hydroxyl groups excluding tert-OH is 1. The molecule has 1 heterocycles. The zero-order valence-electron chi connectivity index (χ0n) is 10.3. The fraction of sp³-hybridized carbons (Fsp3) is 0.357. The monoisotopic (exact) mass is 280 g/mol. The van der Waals surface area contributed by atoms with Crippen LogP contribution >= 0.6 is 11.6 Å². The summed E-state index contributed by atoms with van der Waals surface area (Å²) in [5.74, 6) is 0.180. The van der Waals surface area contributed by atoms with Crippen molar-refractivity contribution in [2.45, 2.75) is 31.9 Å². The molecule has 1 fully saturated rings. The van der Waals surface area contributed by atoms with Crippen molar-refractivity contribution in [2.24, 2.45) is 0 Å². The third-order valence-electron chi connectivity index (χ3n) is 3.38. The van der Waals surface area contributed by atoms with Gasteiger partial charge in [-0.3, -0.25) is 0 Å². The molecule has 1 aliphatic rings. The van der Waals surface area contributed by atoms with Gasteiger partial charge in [-0.2, -0.15) is 5.10 Å². The molecule has 2 aromatic rings. The van der Waals surface area contributed by atoms with Crippen LogP contribution < -0.4 is 0 Å². The fourth-order valence-electron chi connectivity index (χ4n) is 2.19. The highest BCUT2D eigenvalue weighted by molar-refractivity contribution is 6.30. The van der Waals surface area contributed by atoms with Crippen LogP contribution in [-0.2, 0) is 13.2 Å². The standard InChI is InChI=1S/C14H14ClFN2O/c15-14-12(8-19)13(10-3-4-10)17-18(14)7-9-1-5-11(16)6-2-9/h1-2,5-6,10,19H,3-4,7-8H2. The van der Waals surface area contributed by atoms with Crippen molar-refractivity contribution >= 4 is 11.6 Å². The minimum Gasteiger partial charge on any atom is -0.391 e. The average molecular weight is 281 g/mol. The molecule has 0 amide bonds. The SMILES string of the molecule is OCc1c(C2CC2)nn(Cc2ccc(F)cc2)c1Cl. The molecule has 0 atom stereocenters. The molecule has 0 radical (unpaired) electrons. The van der Waals surface area contributed by atoms with Crippen molar-refractivity contribution in [3.8, 4) is 0 Å². The Morgan fingerprint density at radius 1 is 1.32 bits per heavy atom. The number of hydrogen-bond donors (Lipinski definition) is 1. The molecule has 0 spiro atoms. The van der Waals surface area contributed by atoms with Gasteiger partial charge in [0, 0.05) is 11.5 Å². The van der Waals surface area contributed by atoms with Gasteiger partial charge in [0.05, 0.1) is 18.8 Å². The van der Waals surface area contributed by atoms with Gasteiger partial charge in [0.2, 0.25) is 0 Å². The van der Waals surface area contributed by atoms with E-state index in [-0.39, 0.29) is 12.4 Å². The lowest BCUT2D eigenvalue weighted by Crippen LogP contribution is -2.02. The Morgan fingerprint density at radius 3 is 2.58 bits per heavy atom. The smallest absolute Gasteiger partial charge is 0.133 e. The maximum atomic E-state index is 12.9. The fourth-order valence-corrected chi connectivity index (χ4v) is 2.45. The Labute approximate surface area is 115 Å². The van der Waals surface area contributed by atoms with Crippen molar-refractivity contribution in [2.75, 3.05) is 0 Å². The predicted octanol–water partition coefficient (Wildman–Crippen LogP) is 3.09. The molecule has 1 aromatic carbocycles. The Hall–Kier alpha value is -1.39. The molecular weight excluding hydrogens is 267 g/mol. The van der Waals surface area contributed by atoms with E-state index in [2.05, 4.69) is 5.10 Å². The average Bonchev–Trinajstić information content (AvgIpc) is 3.19. The van der Waals surface area contributed by atoms with Gasteiger partial charge in [-0.1, -0.05) is 23.7 Å². The molecule has 3 rings (SSSR count). The summed E-state index contributed by atoms with van der Waals surface area (Å²) in [7, 11) is 0. The zero-order chi connectivity index (χ0) is 13.4. The predicted molar refractivity (Wildman–Crippen MR) is 70.6 cm³/mol. The summed E-state index contributed by atoms with van der Waals surface area (Å²) in [5, 5.41) is 14.4. The van der Waals surface area contributed by atoms with Crippen LogP contribution in [0.1, 0.15) is 35.6 Å². The number of rotatable bonds is 4. The van der Waals surface area contributed by atoms with Crippen LogP contribution in [0, 0.1) is 5.82 Å². The summed E-state index contributed by atoms with van der Waals surface area (Å²) < 4.78 is 14.5. The molecule has 1 aromatic heterocycles. The molecular formula is C14H14ClFN2O. The summed E-state index contributed by atoms with van der Waals surface area (Å²) in [6.07, 6.45) is 2.22. The van der Waals surface area contributed by atoms with Gasteiger partial charge in [-0.05, 0) is 30.5 Å². The highest BCUT2D eigenvalue weighted by Crippen LogP contribution is 2.42. The van der Waals surface area contributed by atoms with Gasteiger partial charge in [0.25, 0.3) is 0 Å². The second kappa shape index (κ2) is 4.94. The minimum atomic E-state index is -0.259. The third kappa shape index (κ3) is 2.51. The van der Waals surface area contributed by atoms with Crippen molar-refractivity contribution in [1.29, 1.82) is 0 Å². The van der Waals surface area contributed by atoms with Gasteiger partial charge in [-0.25, -0.2) is 9.07 Å². The summed E-state index contributed by atoms with van der Waals surface area (Å²) in [4.78, 5) is 0. The molecule has 1 aliphatic carbocycles. The number of aromatic nitrogens is 2. The maximum Gasteiger partial charge on any atom is 0.133 e. The van der Waals surface area contributed by atoms with E-state index >= 15 is 0 Å². The van der Waals surface area contributed by atoms with Gasteiger partial charge >= 0.3 is 0 Å². The number of halogens is 2. The normalized spacial score (nSPS) is 14.9. The van der Waals surface area contributed by atoms with Gasteiger partial charge < -0.3 is 5.11 Å². The van der Waals surface area contributed by atoms with Crippen molar-refractivity contribution in [3.05, 3.63) is 52.1 Å². The number of benzene rings is 1. The van der Waals surface area contributed by atoms with E-state index in [4.69, 9.17) is 11.6 Å². The van der Waals surface area contributed by atoms with E-state index in [1.807, 2.05) is 0 Å². The number of nitrogens with zero attached hydrogens (tertiary/aromatic N) is 2. The first-order chi connectivity index (χ1) is 9.19. The van der Waals surface area contributed by atoms with E-state index < -0.39 is 0 Å². The highest BCUT2D eigenvalue weighted by Gasteiger charge is 2.31. The summed E-state index contributed by atoms with van der Waals surface area (Å²) in [5.41, 5.74) is 2.57. The molecule has 1 saturated carbocycles. The van der Waals surface area contributed by atoms with Gasteiger partial charge in [0.15, 0.2) is 0 Å². The maximum absolute atomic E-state index is 12.9. The van der Waals surface area contributed by atoms with E-state index in [1.165, 1.54) is 12.1 Å². The molecule has 19 heavy (non-hydrogen) atoms. The quantitative estimate of drug-likeness (QED) is 0.934. The largest absolute Gasteiger partial charge is 0.391 e. The topological polar surface area (TPSA) is 38.1 Å². The first-order valence-corrected chi connectivity index (χ1v) is 6.67. The van der Waals surface area contributed by atoms with Crippen LogP contribution in [0.5, 0.6) is 0 Å². The van der Waals surface area contributed by atoms with Gasteiger partial charge in [0.1, 0.15) is 11.0 Å². The number of hydrogen-bond acceptors (Lipinski definition) is 2. The summed E-state index contributed by atoms with van der Waals surface area (Å²) in [6.45, 7) is 0.396. The van der Waals surface area contributed by atoms with Crippen LogP contribution in [0.4, 0.5) is 4.39 Å². The lowest BCUT2D eigenvalue weighted by atomic mass is 10.2. The van der Waals surface area contributed by atoms with E-state index in [0.29, 0.717) is 17.6 Å². The van der Waals surface area contributed by atoms with E-state index in [0.717, 1.165) is 29.7 Å². The van der Waals surface area contributed by atoms with Crippen molar-refractivity contribution in [3.63, 3.8) is 0 Å². The molecule has 3 nitrogen and oxygen atoms in total. The molecule has 1 N–H and O–H groups in total. The second-order valence-corrected chi connectivity index (χ2v) is 5.23. The van der Waals surface area contributed by atoms with Crippen LogP contribution in [0.15, 0.2) is 24.3 Å². The van der Waals surface area contributed by atoms with E-state index in [9.17, 15) is 9.50 Å². The number of aliphatic hydroxyl groups is 1. The summed E-state index contributed by atoms with van der Waals surface area (Å²) >= 11 is 6.25. The molecule has 0 unspecified atom stereocenters. The van der Waals surface area contributed by atoms with Gasteiger partial charge in [-0.15, -0.1) is 0 Å². The third-order valence-corrected chi connectivity index (χ3v) is 3.80. The van der Waals surface area contributed by atoms with Crippen LogP contribution in [-0.4, -0.2) is 14.9 Å². The molecule has 5 heteroatoms. The first kappa shape index (κ1) is 12.6. The minimum absolute atomic E-state index is 0.0892. The molecule has 100 valence electrons. The lowest BCUT2D eigenvalue weighted by molar-refractivity contribution is 0.280. The highest BCUT2D eigenvalue weighted by atomic mass is 35.5. The Bertz CT molecular complexity index is 590. The van der Waals surface area contributed by atoms with E-state index in [1.54, 1.807) is 16.8 Å². The Balaban J connectivity index is 1.90. The second-order valence-electron chi connectivity index (χ2n) is 4.87. The first-order valence-electron chi connectivity index (χ1n) is 6.29. The molecule has 0 bridgehead atoms. The summed E-state index contributed by atoms with van der Waals surface area (Å²) in [6, 6.07) is 6.26. The van der Waals surface area contributed by atoms with Crippen LogP contribution in [0.25, 0.3) is 0 Å². The molecule has 0 aliphatic heterocycles. The van der Waals surface area contributed by atoms with Crippen molar-refractivity contribution < 1.29 is 9.50 Å². The van der Waals surface area contributed by atoms with Crippen LogP contribution in [0.3, 0.4) is 0 Å².